The van der Waals surface area contributed by atoms with E-state index in [1.807, 2.05) is 38.4 Å². The normalized spacial score (nSPS) is 14.5. The van der Waals surface area contributed by atoms with Gasteiger partial charge < -0.3 is 24.5 Å². The number of piperazine rings is 1. The molecule has 0 aliphatic carbocycles. The fourth-order valence-corrected chi connectivity index (χ4v) is 2.79. The summed E-state index contributed by atoms with van der Waals surface area (Å²) >= 11 is 6.04. The molecule has 1 aliphatic heterocycles. The second-order valence-electron chi connectivity index (χ2n) is 6.00. The molecule has 0 spiro atoms. The summed E-state index contributed by atoms with van der Waals surface area (Å²) in [4.78, 5) is 22.2. The number of benzene rings is 1. The molecule has 0 atom stereocenters. The maximum absolute atomic E-state index is 12.3. The number of rotatable bonds is 4. The minimum absolute atomic E-state index is 0.129. The fourth-order valence-electron chi connectivity index (χ4n) is 2.60. The number of nitrogens with zero attached hydrogens (tertiary/aromatic N) is 5. The van der Waals surface area contributed by atoms with Crippen LogP contribution in [-0.2, 0) is 6.54 Å². The zero-order valence-electron chi connectivity index (χ0n) is 14.3. The van der Waals surface area contributed by atoms with Crippen molar-refractivity contribution in [3.05, 3.63) is 35.2 Å². The van der Waals surface area contributed by atoms with Crippen molar-refractivity contribution >= 4 is 29.3 Å². The molecule has 0 bridgehead atoms. The van der Waals surface area contributed by atoms with Crippen molar-refractivity contribution in [3.8, 4) is 0 Å². The molecule has 0 saturated carbocycles. The summed E-state index contributed by atoms with van der Waals surface area (Å²) in [5.74, 6) is 0.869. The van der Waals surface area contributed by atoms with Gasteiger partial charge in [-0.3, -0.25) is 0 Å². The standard InChI is InChI=1S/C16H21ClN6O2/c1-21(2)15-19-14(25-20-15)11-18-16(24)23-8-6-22(7-9-23)13-5-3-4-12(17)10-13/h3-5,10H,6-9,11H2,1-2H3,(H,18,24). The van der Waals surface area contributed by atoms with Crippen molar-refractivity contribution < 1.29 is 9.32 Å². The predicted molar refractivity (Wildman–Crippen MR) is 96.1 cm³/mol. The Kier molecular flexibility index (Phi) is 5.28. The average Bonchev–Trinajstić information content (AvgIpc) is 3.09. The summed E-state index contributed by atoms with van der Waals surface area (Å²) < 4.78 is 5.09. The molecule has 2 heterocycles. The van der Waals surface area contributed by atoms with Crippen LogP contribution in [0.3, 0.4) is 0 Å². The highest BCUT2D eigenvalue weighted by Crippen LogP contribution is 2.20. The van der Waals surface area contributed by atoms with Gasteiger partial charge in [0, 0.05) is 51.0 Å². The summed E-state index contributed by atoms with van der Waals surface area (Å²) in [5.41, 5.74) is 1.08. The molecule has 3 rings (SSSR count). The monoisotopic (exact) mass is 364 g/mol. The van der Waals surface area contributed by atoms with Crippen molar-refractivity contribution in [2.45, 2.75) is 6.54 Å². The molecule has 0 radical (unpaired) electrons. The highest BCUT2D eigenvalue weighted by atomic mass is 35.5. The van der Waals surface area contributed by atoms with E-state index < -0.39 is 0 Å². The van der Waals surface area contributed by atoms with Gasteiger partial charge in [-0.1, -0.05) is 17.7 Å². The first-order valence-electron chi connectivity index (χ1n) is 8.06. The van der Waals surface area contributed by atoms with E-state index in [0.29, 0.717) is 30.0 Å². The summed E-state index contributed by atoms with van der Waals surface area (Å²) in [6.07, 6.45) is 0. The van der Waals surface area contributed by atoms with Crippen LogP contribution in [0.5, 0.6) is 0 Å². The Morgan fingerprint density at radius 1 is 1.32 bits per heavy atom. The summed E-state index contributed by atoms with van der Waals surface area (Å²) in [5, 5.41) is 7.35. The highest BCUT2D eigenvalue weighted by Gasteiger charge is 2.21. The van der Waals surface area contributed by atoms with Crippen LogP contribution < -0.4 is 15.1 Å². The fraction of sp³-hybridized carbons (Fsp3) is 0.438. The maximum Gasteiger partial charge on any atom is 0.317 e. The Morgan fingerprint density at radius 2 is 2.08 bits per heavy atom. The third-order valence-corrected chi connectivity index (χ3v) is 4.22. The van der Waals surface area contributed by atoms with Gasteiger partial charge in [-0.25, -0.2) is 4.79 Å². The zero-order chi connectivity index (χ0) is 17.8. The topological polar surface area (TPSA) is 77.7 Å². The molecule has 8 nitrogen and oxygen atoms in total. The number of hydrogen-bond donors (Lipinski definition) is 1. The molecule has 1 aromatic heterocycles. The van der Waals surface area contributed by atoms with Gasteiger partial charge in [-0.15, -0.1) is 0 Å². The Hall–Kier alpha value is -2.48. The van der Waals surface area contributed by atoms with Crippen molar-refractivity contribution in [3.63, 3.8) is 0 Å². The number of nitrogens with one attached hydrogen (secondary N) is 1. The minimum Gasteiger partial charge on any atom is -0.368 e. The van der Waals surface area contributed by atoms with E-state index >= 15 is 0 Å². The lowest BCUT2D eigenvalue weighted by atomic mass is 10.2. The number of anilines is 2. The van der Waals surface area contributed by atoms with E-state index in [2.05, 4.69) is 20.4 Å². The molecule has 9 heteroatoms. The number of aromatic nitrogens is 2. The first kappa shape index (κ1) is 17.3. The van der Waals surface area contributed by atoms with Crippen LogP contribution in [0.15, 0.2) is 28.8 Å². The third kappa shape index (κ3) is 4.33. The number of hydrogen-bond acceptors (Lipinski definition) is 6. The summed E-state index contributed by atoms with van der Waals surface area (Å²) in [6, 6.07) is 7.63. The van der Waals surface area contributed by atoms with Crippen LogP contribution in [0.2, 0.25) is 5.02 Å². The number of urea groups is 1. The molecule has 2 amide bonds. The first-order valence-corrected chi connectivity index (χ1v) is 8.44. The second kappa shape index (κ2) is 7.60. The quantitative estimate of drug-likeness (QED) is 0.891. The van der Waals surface area contributed by atoms with Gasteiger partial charge in [0.15, 0.2) is 0 Å². The lowest BCUT2D eigenvalue weighted by Gasteiger charge is -2.36. The van der Waals surface area contributed by atoms with Gasteiger partial charge in [-0.2, -0.15) is 4.98 Å². The molecule has 0 unspecified atom stereocenters. The molecule has 1 N–H and O–H groups in total. The van der Waals surface area contributed by atoms with Crippen LogP contribution in [0.4, 0.5) is 16.4 Å². The van der Waals surface area contributed by atoms with E-state index in [4.69, 9.17) is 16.1 Å². The van der Waals surface area contributed by atoms with Crippen molar-refractivity contribution in [1.29, 1.82) is 0 Å². The Bertz CT molecular complexity index is 727. The SMILES string of the molecule is CN(C)c1noc(CNC(=O)N2CCN(c3cccc(Cl)c3)CC2)n1. The minimum atomic E-state index is -0.129. The van der Waals surface area contributed by atoms with Gasteiger partial charge in [-0.05, 0) is 23.4 Å². The van der Waals surface area contributed by atoms with Crippen molar-refractivity contribution in [2.75, 3.05) is 50.1 Å². The number of carbonyl (C=O) groups is 1. The number of carbonyl (C=O) groups excluding carboxylic acids is 1. The second-order valence-corrected chi connectivity index (χ2v) is 6.43. The van der Waals surface area contributed by atoms with E-state index in [1.165, 1.54) is 0 Å². The van der Waals surface area contributed by atoms with Crippen LogP contribution in [-0.4, -0.2) is 61.3 Å². The van der Waals surface area contributed by atoms with E-state index in [-0.39, 0.29) is 12.6 Å². The predicted octanol–water partition coefficient (Wildman–Crippen LogP) is 1.82. The molecule has 25 heavy (non-hydrogen) atoms. The smallest absolute Gasteiger partial charge is 0.317 e. The first-order chi connectivity index (χ1) is 12.0. The maximum atomic E-state index is 12.3. The largest absolute Gasteiger partial charge is 0.368 e. The zero-order valence-corrected chi connectivity index (χ0v) is 15.0. The summed E-state index contributed by atoms with van der Waals surface area (Å²) in [7, 11) is 3.65. The molecule has 1 aromatic carbocycles. The Labute approximate surface area is 151 Å². The molecule has 134 valence electrons. The van der Waals surface area contributed by atoms with Gasteiger partial charge in [0.1, 0.15) is 0 Å². The van der Waals surface area contributed by atoms with Crippen LogP contribution in [0.25, 0.3) is 0 Å². The Balaban J connectivity index is 1.48. The lowest BCUT2D eigenvalue weighted by molar-refractivity contribution is 0.192. The van der Waals surface area contributed by atoms with Crippen LogP contribution in [0.1, 0.15) is 5.89 Å². The van der Waals surface area contributed by atoms with Crippen LogP contribution in [0, 0.1) is 0 Å². The average molecular weight is 365 g/mol. The Morgan fingerprint density at radius 3 is 2.72 bits per heavy atom. The van der Waals surface area contributed by atoms with Gasteiger partial charge in [0.05, 0.1) is 6.54 Å². The molecule has 1 aliphatic rings. The van der Waals surface area contributed by atoms with E-state index in [9.17, 15) is 4.79 Å². The highest BCUT2D eigenvalue weighted by molar-refractivity contribution is 6.30. The van der Waals surface area contributed by atoms with Crippen molar-refractivity contribution in [1.82, 2.24) is 20.4 Å². The van der Waals surface area contributed by atoms with E-state index in [0.717, 1.165) is 18.8 Å². The van der Waals surface area contributed by atoms with Gasteiger partial charge >= 0.3 is 6.03 Å². The molecule has 1 saturated heterocycles. The molecule has 2 aromatic rings. The lowest BCUT2D eigenvalue weighted by Crippen LogP contribution is -2.51. The van der Waals surface area contributed by atoms with Gasteiger partial charge in [0.2, 0.25) is 5.89 Å². The molecular weight excluding hydrogens is 344 g/mol. The number of halogens is 1. The number of amides is 2. The molecule has 1 fully saturated rings. The molecular formula is C16H21ClN6O2. The van der Waals surface area contributed by atoms with Crippen molar-refractivity contribution in [2.24, 2.45) is 0 Å². The van der Waals surface area contributed by atoms with E-state index in [1.54, 1.807) is 9.80 Å². The summed E-state index contributed by atoms with van der Waals surface area (Å²) in [6.45, 7) is 3.03. The van der Waals surface area contributed by atoms with Gasteiger partial charge in [0.25, 0.3) is 5.95 Å². The van der Waals surface area contributed by atoms with Crippen LogP contribution >= 0.6 is 11.6 Å². The third-order valence-electron chi connectivity index (χ3n) is 3.99.